The molecule has 0 bridgehead atoms. The number of benzene rings is 2. The normalized spacial score (nSPS) is 15.3. The van der Waals surface area contributed by atoms with Crippen LogP contribution >= 0.6 is 23.5 Å². The number of thioether (sulfide) groups is 2. The summed E-state index contributed by atoms with van der Waals surface area (Å²) in [7, 11) is 1.72. The summed E-state index contributed by atoms with van der Waals surface area (Å²) in [6.45, 7) is 1.69. The Labute approximate surface area is 168 Å². The monoisotopic (exact) mass is 401 g/mol. The summed E-state index contributed by atoms with van der Waals surface area (Å²) >= 11 is 3.85. The van der Waals surface area contributed by atoms with Crippen LogP contribution in [0.25, 0.3) is 0 Å². The first-order valence-electron chi connectivity index (χ1n) is 8.87. The van der Waals surface area contributed by atoms with Gasteiger partial charge in [0.05, 0.1) is 16.2 Å². The van der Waals surface area contributed by atoms with Crippen molar-refractivity contribution in [1.29, 1.82) is 0 Å². The number of nitrogens with zero attached hydrogens (tertiary/aromatic N) is 1. The average molecular weight is 402 g/mol. The van der Waals surface area contributed by atoms with Gasteiger partial charge in [0.15, 0.2) is 6.61 Å². The number of ether oxygens (including phenoxy) is 1. The molecule has 1 amide bonds. The molecule has 6 heteroatoms. The average Bonchev–Trinajstić information content (AvgIpc) is 3.26. The van der Waals surface area contributed by atoms with Crippen LogP contribution in [0, 0.1) is 0 Å². The van der Waals surface area contributed by atoms with Gasteiger partial charge in [0, 0.05) is 18.6 Å². The van der Waals surface area contributed by atoms with E-state index in [0.717, 1.165) is 17.1 Å². The van der Waals surface area contributed by atoms with E-state index in [2.05, 4.69) is 0 Å². The molecule has 1 heterocycles. The topological polar surface area (TPSA) is 46.6 Å². The van der Waals surface area contributed by atoms with Crippen molar-refractivity contribution in [3.05, 3.63) is 71.3 Å². The van der Waals surface area contributed by atoms with Crippen LogP contribution < -0.4 is 0 Å². The Bertz CT molecular complexity index is 774. The molecular weight excluding hydrogens is 378 g/mol. The van der Waals surface area contributed by atoms with Gasteiger partial charge in [-0.3, -0.25) is 4.79 Å². The van der Waals surface area contributed by atoms with E-state index in [9.17, 15) is 9.59 Å². The zero-order valence-electron chi connectivity index (χ0n) is 15.5. The highest BCUT2D eigenvalue weighted by atomic mass is 32.2. The summed E-state index contributed by atoms with van der Waals surface area (Å²) in [4.78, 5) is 26.2. The molecular formula is C21H23NO3S2. The van der Waals surface area contributed by atoms with Crippen molar-refractivity contribution in [1.82, 2.24) is 4.90 Å². The van der Waals surface area contributed by atoms with Gasteiger partial charge in [0.25, 0.3) is 5.91 Å². The van der Waals surface area contributed by atoms with E-state index in [0.29, 0.717) is 10.1 Å². The highest BCUT2D eigenvalue weighted by molar-refractivity contribution is 8.19. The molecule has 1 aliphatic rings. The van der Waals surface area contributed by atoms with Crippen LogP contribution in [0.4, 0.5) is 0 Å². The molecule has 1 fully saturated rings. The van der Waals surface area contributed by atoms with E-state index in [1.165, 1.54) is 5.56 Å². The van der Waals surface area contributed by atoms with Crippen molar-refractivity contribution in [2.45, 2.75) is 17.5 Å². The fourth-order valence-corrected chi connectivity index (χ4v) is 5.67. The SMILES string of the molecule is C[C@H](c1ccccc1)N(C)C(=O)COC(=O)c1ccc(C2SCCS2)cc1. The van der Waals surface area contributed by atoms with Gasteiger partial charge in [-0.1, -0.05) is 42.5 Å². The van der Waals surface area contributed by atoms with Crippen LogP contribution in [0.2, 0.25) is 0 Å². The van der Waals surface area contributed by atoms with E-state index in [-0.39, 0.29) is 18.6 Å². The molecule has 0 spiro atoms. The first-order chi connectivity index (χ1) is 13.1. The molecule has 4 nitrogen and oxygen atoms in total. The predicted octanol–water partition coefficient (Wildman–Crippen LogP) is 4.54. The quantitative estimate of drug-likeness (QED) is 0.665. The van der Waals surface area contributed by atoms with Crippen molar-refractivity contribution < 1.29 is 14.3 Å². The number of hydrogen-bond acceptors (Lipinski definition) is 5. The third-order valence-corrected chi connectivity index (χ3v) is 7.73. The molecule has 142 valence electrons. The summed E-state index contributed by atoms with van der Waals surface area (Å²) in [6, 6.07) is 17.2. The molecule has 27 heavy (non-hydrogen) atoms. The molecule has 1 aliphatic heterocycles. The van der Waals surface area contributed by atoms with Crippen LogP contribution in [0.15, 0.2) is 54.6 Å². The maximum absolute atomic E-state index is 12.4. The minimum Gasteiger partial charge on any atom is -0.452 e. The summed E-state index contributed by atoms with van der Waals surface area (Å²) in [5.74, 6) is 1.63. The molecule has 0 aliphatic carbocycles. The lowest BCUT2D eigenvalue weighted by atomic mass is 10.1. The Hall–Kier alpha value is -1.92. The molecule has 2 aromatic rings. The molecule has 1 atom stereocenters. The third-order valence-electron chi connectivity index (χ3n) is 4.62. The molecule has 3 rings (SSSR count). The lowest BCUT2D eigenvalue weighted by Crippen LogP contribution is -2.33. The second-order valence-electron chi connectivity index (χ2n) is 6.36. The predicted molar refractivity (Wildman–Crippen MR) is 112 cm³/mol. The molecule has 0 radical (unpaired) electrons. The van der Waals surface area contributed by atoms with E-state index in [1.807, 2.05) is 72.9 Å². The summed E-state index contributed by atoms with van der Waals surface area (Å²) in [5, 5.41) is 0. The lowest BCUT2D eigenvalue weighted by Gasteiger charge is -2.25. The maximum Gasteiger partial charge on any atom is 0.338 e. The van der Waals surface area contributed by atoms with Gasteiger partial charge in [0.1, 0.15) is 0 Å². The zero-order valence-corrected chi connectivity index (χ0v) is 17.1. The number of likely N-dealkylation sites (N-methyl/N-ethyl adjacent to an activating group) is 1. The molecule has 0 aromatic heterocycles. The fraction of sp³-hybridized carbons (Fsp3) is 0.333. The van der Waals surface area contributed by atoms with Crippen LogP contribution in [0.5, 0.6) is 0 Å². The van der Waals surface area contributed by atoms with E-state index in [4.69, 9.17) is 4.74 Å². The minimum absolute atomic E-state index is 0.0851. The van der Waals surface area contributed by atoms with Gasteiger partial charge in [-0.2, -0.15) is 0 Å². The Kier molecular flexibility index (Phi) is 6.85. The summed E-state index contributed by atoms with van der Waals surface area (Å²) < 4.78 is 5.67. The van der Waals surface area contributed by atoms with Crippen LogP contribution in [0.1, 0.15) is 39.0 Å². The second-order valence-corrected chi connectivity index (χ2v) is 9.09. The number of carbonyl (C=O) groups excluding carboxylic acids is 2. The molecule has 1 saturated heterocycles. The number of rotatable bonds is 6. The Morgan fingerprint density at radius 2 is 1.70 bits per heavy atom. The van der Waals surface area contributed by atoms with Gasteiger partial charge >= 0.3 is 5.97 Å². The number of esters is 1. The standard InChI is InChI=1S/C21H23NO3S2/c1-15(16-6-4-3-5-7-16)22(2)19(23)14-25-20(24)17-8-10-18(11-9-17)21-26-12-13-27-21/h3-11,15,21H,12-14H2,1-2H3/t15-/m1/s1. The highest BCUT2D eigenvalue weighted by Gasteiger charge is 2.20. The largest absolute Gasteiger partial charge is 0.452 e. The second kappa shape index (κ2) is 9.33. The third kappa shape index (κ3) is 5.08. The van der Waals surface area contributed by atoms with Gasteiger partial charge in [0.2, 0.25) is 0 Å². The van der Waals surface area contributed by atoms with E-state index in [1.54, 1.807) is 24.1 Å². The van der Waals surface area contributed by atoms with Crippen molar-refractivity contribution in [2.24, 2.45) is 0 Å². The smallest absolute Gasteiger partial charge is 0.338 e. The van der Waals surface area contributed by atoms with E-state index >= 15 is 0 Å². The van der Waals surface area contributed by atoms with Crippen molar-refractivity contribution >= 4 is 35.4 Å². The minimum atomic E-state index is -0.470. The first-order valence-corrected chi connectivity index (χ1v) is 11.0. The van der Waals surface area contributed by atoms with Crippen molar-refractivity contribution in [3.63, 3.8) is 0 Å². The van der Waals surface area contributed by atoms with Gasteiger partial charge in [-0.15, -0.1) is 23.5 Å². The number of amides is 1. The van der Waals surface area contributed by atoms with Crippen LogP contribution in [-0.4, -0.2) is 41.9 Å². The number of hydrogen-bond donors (Lipinski definition) is 0. The maximum atomic E-state index is 12.4. The van der Waals surface area contributed by atoms with Crippen LogP contribution in [-0.2, 0) is 9.53 Å². The first kappa shape index (κ1) is 19.8. The molecule has 2 aromatic carbocycles. The van der Waals surface area contributed by atoms with Gasteiger partial charge < -0.3 is 9.64 Å². The fourth-order valence-electron chi connectivity index (χ4n) is 2.81. The Morgan fingerprint density at radius 3 is 2.33 bits per heavy atom. The van der Waals surface area contributed by atoms with Crippen molar-refractivity contribution in [2.75, 3.05) is 25.2 Å². The highest BCUT2D eigenvalue weighted by Crippen LogP contribution is 2.45. The van der Waals surface area contributed by atoms with Gasteiger partial charge in [-0.25, -0.2) is 4.79 Å². The zero-order chi connectivity index (χ0) is 19.2. The summed E-state index contributed by atoms with van der Waals surface area (Å²) in [5.41, 5.74) is 2.72. The van der Waals surface area contributed by atoms with E-state index < -0.39 is 5.97 Å². The molecule has 0 unspecified atom stereocenters. The molecule has 0 N–H and O–H groups in total. The van der Waals surface area contributed by atoms with Crippen LogP contribution in [0.3, 0.4) is 0 Å². The summed E-state index contributed by atoms with van der Waals surface area (Å²) in [6.07, 6.45) is 0. The number of carbonyl (C=O) groups is 2. The lowest BCUT2D eigenvalue weighted by molar-refractivity contribution is -0.135. The Balaban J connectivity index is 1.52. The van der Waals surface area contributed by atoms with Crippen molar-refractivity contribution in [3.8, 4) is 0 Å². The molecule has 0 saturated carbocycles. The Morgan fingerprint density at radius 1 is 1.07 bits per heavy atom. The van der Waals surface area contributed by atoms with Gasteiger partial charge in [-0.05, 0) is 30.2 Å².